The zero-order valence-electron chi connectivity index (χ0n) is 11.6. The largest absolute Gasteiger partial charge is 0.497 e. The molecule has 0 aliphatic heterocycles. The Kier molecular flexibility index (Phi) is 4.48. The van der Waals surface area contributed by atoms with E-state index in [1.54, 1.807) is 14.2 Å². The molecule has 1 unspecified atom stereocenters. The van der Waals surface area contributed by atoms with Gasteiger partial charge in [-0.1, -0.05) is 13.3 Å². The number of rotatable bonds is 4. The first-order valence-electron chi connectivity index (χ1n) is 6.78. The molecule has 0 saturated carbocycles. The Morgan fingerprint density at radius 1 is 1.22 bits per heavy atom. The Balaban J connectivity index is 2.46. The van der Waals surface area contributed by atoms with E-state index < -0.39 is 0 Å². The molecule has 0 heterocycles. The van der Waals surface area contributed by atoms with Gasteiger partial charge in [0.2, 0.25) is 0 Å². The minimum absolute atomic E-state index is 0.427. The van der Waals surface area contributed by atoms with Gasteiger partial charge >= 0.3 is 0 Å². The van der Waals surface area contributed by atoms with Crippen LogP contribution in [0.2, 0.25) is 0 Å². The topological polar surface area (TPSA) is 30.5 Å². The highest BCUT2D eigenvalue weighted by atomic mass is 16.5. The summed E-state index contributed by atoms with van der Waals surface area (Å²) >= 11 is 0. The van der Waals surface area contributed by atoms with Crippen molar-refractivity contribution in [3.63, 3.8) is 0 Å². The van der Waals surface area contributed by atoms with Crippen LogP contribution in [-0.2, 0) is 6.42 Å². The van der Waals surface area contributed by atoms with E-state index >= 15 is 0 Å². The van der Waals surface area contributed by atoms with E-state index in [0.717, 1.165) is 24.5 Å². The molecule has 0 fully saturated rings. The number of benzene rings is 1. The van der Waals surface area contributed by atoms with E-state index in [4.69, 9.17) is 9.47 Å². The molecule has 1 aromatic rings. The molecule has 1 N–H and O–H groups in total. The van der Waals surface area contributed by atoms with Crippen molar-refractivity contribution >= 4 is 0 Å². The second-order valence-corrected chi connectivity index (χ2v) is 4.75. The van der Waals surface area contributed by atoms with Gasteiger partial charge < -0.3 is 14.8 Å². The monoisotopic (exact) mass is 249 g/mol. The first-order valence-corrected chi connectivity index (χ1v) is 6.78. The van der Waals surface area contributed by atoms with Crippen LogP contribution in [0.25, 0.3) is 0 Å². The van der Waals surface area contributed by atoms with Crippen molar-refractivity contribution in [2.75, 3.05) is 20.8 Å². The Labute approximate surface area is 109 Å². The molecule has 0 bridgehead atoms. The van der Waals surface area contributed by atoms with Crippen molar-refractivity contribution in [1.82, 2.24) is 5.32 Å². The molecular weight excluding hydrogens is 226 g/mol. The highest BCUT2D eigenvalue weighted by Gasteiger charge is 2.21. The first kappa shape index (κ1) is 13.2. The number of hydrogen-bond donors (Lipinski definition) is 1. The number of methoxy groups -OCH3 is 2. The smallest absolute Gasteiger partial charge is 0.126 e. The van der Waals surface area contributed by atoms with Crippen molar-refractivity contribution in [2.24, 2.45) is 0 Å². The maximum absolute atomic E-state index is 5.53. The lowest BCUT2D eigenvalue weighted by Crippen LogP contribution is -2.21. The molecule has 2 rings (SSSR count). The molecule has 1 aliphatic rings. The van der Waals surface area contributed by atoms with Crippen LogP contribution in [-0.4, -0.2) is 20.8 Å². The predicted molar refractivity (Wildman–Crippen MR) is 73.5 cm³/mol. The fraction of sp³-hybridized carbons (Fsp3) is 0.600. The summed E-state index contributed by atoms with van der Waals surface area (Å²) in [7, 11) is 3.45. The molecule has 100 valence electrons. The van der Waals surface area contributed by atoms with Crippen molar-refractivity contribution in [2.45, 2.75) is 38.6 Å². The van der Waals surface area contributed by atoms with Crippen LogP contribution >= 0.6 is 0 Å². The van der Waals surface area contributed by atoms with Gasteiger partial charge in [-0.15, -0.1) is 0 Å². The van der Waals surface area contributed by atoms with Crippen LogP contribution in [0.3, 0.4) is 0 Å². The van der Waals surface area contributed by atoms with E-state index in [9.17, 15) is 0 Å². The number of hydrogen-bond acceptors (Lipinski definition) is 3. The summed E-state index contributed by atoms with van der Waals surface area (Å²) in [6, 6.07) is 4.58. The summed E-state index contributed by atoms with van der Waals surface area (Å²) in [5.74, 6) is 1.85. The lowest BCUT2D eigenvalue weighted by Gasteiger charge is -2.21. The van der Waals surface area contributed by atoms with Gasteiger partial charge in [-0.05, 0) is 43.0 Å². The van der Waals surface area contributed by atoms with Crippen LogP contribution in [0.1, 0.15) is 43.4 Å². The fourth-order valence-corrected chi connectivity index (χ4v) is 2.78. The van der Waals surface area contributed by atoms with Crippen molar-refractivity contribution in [3.8, 4) is 11.5 Å². The minimum atomic E-state index is 0.427. The van der Waals surface area contributed by atoms with Crippen molar-refractivity contribution in [1.29, 1.82) is 0 Å². The summed E-state index contributed by atoms with van der Waals surface area (Å²) < 4.78 is 10.9. The quantitative estimate of drug-likeness (QED) is 0.832. The Bertz CT molecular complexity index is 404. The average Bonchev–Trinajstić information content (AvgIpc) is 2.61. The Morgan fingerprint density at radius 3 is 2.72 bits per heavy atom. The van der Waals surface area contributed by atoms with Crippen molar-refractivity contribution in [3.05, 3.63) is 23.3 Å². The van der Waals surface area contributed by atoms with Crippen LogP contribution in [0.4, 0.5) is 0 Å². The first-order chi connectivity index (χ1) is 8.80. The second-order valence-electron chi connectivity index (χ2n) is 4.75. The van der Waals surface area contributed by atoms with E-state index in [2.05, 4.69) is 18.3 Å². The summed E-state index contributed by atoms with van der Waals surface area (Å²) in [6.07, 6.45) is 4.79. The lowest BCUT2D eigenvalue weighted by atomic mass is 9.97. The van der Waals surface area contributed by atoms with Gasteiger partial charge in [0.05, 0.1) is 14.2 Å². The van der Waals surface area contributed by atoms with Crippen LogP contribution in [0.5, 0.6) is 11.5 Å². The van der Waals surface area contributed by atoms with E-state index in [1.165, 1.54) is 30.4 Å². The van der Waals surface area contributed by atoms with Gasteiger partial charge in [0.15, 0.2) is 0 Å². The highest BCUT2D eigenvalue weighted by molar-refractivity contribution is 5.48. The maximum atomic E-state index is 5.53. The zero-order valence-corrected chi connectivity index (χ0v) is 11.6. The second kappa shape index (κ2) is 6.10. The van der Waals surface area contributed by atoms with Gasteiger partial charge in [0.25, 0.3) is 0 Å². The van der Waals surface area contributed by atoms with Crippen LogP contribution in [0, 0.1) is 0 Å². The summed E-state index contributed by atoms with van der Waals surface area (Å²) in [4.78, 5) is 0. The molecule has 0 radical (unpaired) electrons. The molecule has 3 heteroatoms. The van der Waals surface area contributed by atoms with Crippen LogP contribution < -0.4 is 14.8 Å². The van der Waals surface area contributed by atoms with E-state index in [-0.39, 0.29) is 0 Å². The molecule has 0 aromatic heterocycles. The molecule has 18 heavy (non-hydrogen) atoms. The van der Waals surface area contributed by atoms with Gasteiger partial charge in [-0.2, -0.15) is 0 Å². The zero-order chi connectivity index (χ0) is 13.0. The summed E-state index contributed by atoms with van der Waals surface area (Å²) in [6.45, 7) is 3.14. The number of ether oxygens (including phenoxy) is 2. The predicted octanol–water partition coefficient (Wildman–Crippen LogP) is 3.08. The Hall–Kier alpha value is -1.22. The number of fused-ring (bicyclic) bond motifs is 1. The lowest BCUT2D eigenvalue weighted by molar-refractivity contribution is 0.388. The highest BCUT2D eigenvalue weighted by Crippen LogP contribution is 2.37. The summed E-state index contributed by atoms with van der Waals surface area (Å²) in [5, 5.41) is 3.57. The summed E-state index contributed by atoms with van der Waals surface area (Å²) in [5.41, 5.74) is 2.70. The maximum Gasteiger partial charge on any atom is 0.126 e. The van der Waals surface area contributed by atoms with Gasteiger partial charge in [0, 0.05) is 12.1 Å². The third-order valence-corrected chi connectivity index (χ3v) is 3.67. The molecule has 1 aliphatic carbocycles. The fourth-order valence-electron chi connectivity index (χ4n) is 2.78. The molecule has 1 atom stereocenters. The van der Waals surface area contributed by atoms with Gasteiger partial charge in [-0.3, -0.25) is 0 Å². The van der Waals surface area contributed by atoms with Crippen LogP contribution in [0.15, 0.2) is 12.1 Å². The molecule has 3 nitrogen and oxygen atoms in total. The average molecular weight is 249 g/mol. The third-order valence-electron chi connectivity index (χ3n) is 3.67. The minimum Gasteiger partial charge on any atom is -0.497 e. The molecule has 0 amide bonds. The van der Waals surface area contributed by atoms with Gasteiger partial charge in [0.1, 0.15) is 11.5 Å². The van der Waals surface area contributed by atoms with E-state index in [0.29, 0.717) is 6.04 Å². The SMILES string of the molecule is CCNC1CCCCc2c(OC)cc(OC)cc21. The Morgan fingerprint density at radius 2 is 2.06 bits per heavy atom. The molecular formula is C15H23NO2. The number of nitrogens with one attached hydrogen (secondary N) is 1. The molecule has 0 saturated heterocycles. The molecule has 0 spiro atoms. The standard InChI is InChI=1S/C15H23NO2/c1-4-16-14-8-6-5-7-12-13(14)9-11(17-2)10-15(12)18-3/h9-10,14,16H,4-8H2,1-3H3. The third kappa shape index (κ3) is 2.61. The molecule has 1 aromatic carbocycles. The normalized spacial score (nSPS) is 18.9. The van der Waals surface area contributed by atoms with Crippen molar-refractivity contribution < 1.29 is 9.47 Å². The van der Waals surface area contributed by atoms with Gasteiger partial charge in [-0.25, -0.2) is 0 Å². The van der Waals surface area contributed by atoms with E-state index in [1.807, 2.05) is 6.07 Å².